The Labute approximate surface area is 90.6 Å². The van der Waals surface area contributed by atoms with Crippen LogP contribution in [-0.2, 0) is 4.79 Å². The van der Waals surface area contributed by atoms with E-state index in [-0.39, 0.29) is 17.2 Å². The fourth-order valence-electron chi connectivity index (χ4n) is 0.871. The molecule has 1 aromatic carbocycles. The van der Waals surface area contributed by atoms with Crippen molar-refractivity contribution in [3.8, 4) is 5.75 Å². The van der Waals surface area contributed by atoms with Crippen LogP contribution in [0.2, 0.25) is 0 Å². The third kappa shape index (κ3) is 3.14. The molecular formula is C9H8ClNO4. The maximum absolute atomic E-state index is 10.8. The molecule has 0 fully saturated rings. The minimum atomic E-state index is -1.13. The number of carbonyl (C=O) groups is 2. The number of benzene rings is 1. The number of hydrogen-bond donors (Lipinski definition) is 2. The Balaban J connectivity index is 2.76. The van der Waals surface area contributed by atoms with Gasteiger partial charge in [0.05, 0.1) is 0 Å². The molecule has 0 atom stereocenters. The molecule has 0 unspecified atom stereocenters. The van der Waals surface area contributed by atoms with Gasteiger partial charge in [0, 0.05) is 0 Å². The summed E-state index contributed by atoms with van der Waals surface area (Å²) in [6.45, 7) is 0. The van der Waals surface area contributed by atoms with E-state index in [0.29, 0.717) is 0 Å². The summed E-state index contributed by atoms with van der Waals surface area (Å²) in [5, 5.41) is 8.77. The Kier molecular flexibility index (Phi) is 3.93. The van der Waals surface area contributed by atoms with Gasteiger partial charge in [0.1, 0.15) is 11.4 Å². The average molecular weight is 230 g/mol. The maximum Gasteiger partial charge on any atom is 0.339 e. The molecule has 0 saturated heterocycles. The highest BCUT2D eigenvalue weighted by Gasteiger charge is 2.11. The topological polar surface area (TPSA) is 75.6 Å². The number of carboxylic acid groups (broad SMARTS) is 1. The largest absolute Gasteiger partial charge is 0.478 e. The molecule has 0 heterocycles. The number of hydroxylamine groups is 1. The van der Waals surface area contributed by atoms with Crippen LogP contribution in [0.15, 0.2) is 24.3 Å². The van der Waals surface area contributed by atoms with Crippen molar-refractivity contribution in [3.63, 3.8) is 0 Å². The van der Waals surface area contributed by atoms with E-state index in [1.165, 1.54) is 12.1 Å². The second-order valence-electron chi connectivity index (χ2n) is 2.56. The Morgan fingerprint density at radius 3 is 2.67 bits per heavy atom. The first kappa shape index (κ1) is 11.3. The van der Waals surface area contributed by atoms with Crippen molar-refractivity contribution in [2.24, 2.45) is 0 Å². The molecule has 80 valence electrons. The van der Waals surface area contributed by atoms with Gasteiger partial charge in [-0.05, 0) is 12.1 Å². The Morgan fingerprint density at radius 2 is 2.07 bits per heavy atom. The monoisotopic (exact) mass is 229 g/mol. The summed E-state index contributed by atoms with van der Waals surface area (Å²) in [4.78, 5) is 26.3. The highest BCUT2D eigenvalue weighted by molar-refractivity contribution is 6.27. The average Bonchev–Trinajstić information content (AvgIpc) is 2.26. The number of para-hydroxylation sites is 1. The Bertz CT molecular complexity index is 380. The lowest BCUT2D eigenvalue weighted by molar-refractivity contribution is -0.125. The van der Waals surface area contributed by atoms with Gasteiger partial charge in [-0.2, -0.15) is 5.48 Å². The highest BCUT2D eigenvalue weighted by Crippen LogP contribution is 2.16. The van der Waals surface area contributed by atoms with Crippen LogP contribution >= 0.6 is 11.6 Å². The number of nitrogens with one attached hydrogen (secondary N) is 1. The van der Waals surface area contributed by atoms with Crippen LogP contribution in [0.4, 0.5) is 0 Å². The summed E-state index contributed by atoms with van der Waals surface area (Å²) in [7, 11) is 0. The van der Waals surface area contributed by atoms with Gasteiger partial charge < -0.3 is 9.94 Å². The van der Waals surface area contributed by atoms with Crippen molar-refractivity contribution in [1.82, 2.24) is 5.48 Å². The summed E-state index contributed by atoms with van der Waals surface area (Å²) >= 11 is 5.21. The standard InChI is InChI=1S/C9H8ClNO4/c10-5-8(12)11-15-7-4-2-1-3-6(7)9(13)14/h1-4H,5H2,(H,11,12)(H,13,14). The molecule has 15 heavy (non-hydrogen) atoms. The van der Waals surface area contributed by atoms with E-state index in [9.17, 15) is 9.59 Å². The second-order valence-corrected chi connectivity index (χ2v) is 2.83. The van der Waals surface area contributed by atoms with Gasteiger partial charge in [0.15, 0.2) is 5.75 Å². The smallest absolute Gasteiger partial charge is 0.339 e. The quantitative estimate of drug-likeness (QED) is 0.597. The van der Waals surface area contributed by atoms with Crippen LogP contribution in [-0.4, -0.2) is 22.9 Å². The first-order valence-corrected chi connectivity index (χ1v) is 4.52. The van der Waals surface area contributed by atoms with E-state index < -0.39 is 11.9 Å². The molecule has 1 amide bonds. The first-order chi connectivity index (χ1) is 7.15. The molecule has 0 aromatic heterocycles. The van der Waals surface area contributed by atoms with Gasteiger partial charge >= 0.3 is 5.97 Å². The number of halogens is 1. The van der Waals surface area contributed by atoms with Crippen molar-refractivity contribution in [2.75, 3.05) is 5.88 Å². The fourth-order valence-corrected chi connectivity index (χ4v) is 0.926. The van der Waals surface area contributed by atoms with E-state index in [0.717, 1.165) is 0 Å². The molecule has 0 radical (unpaired) electrons. The molecule has 0 spiro atoms. The lowest BCUT2D eigenvalue weighted by atomic mass is 10.2. The third-order valence-electron chi connectivity index (χ3n) is 1.51. The molecule has 0 aliphatic heterocycles. The van der Waals surface area contributed by atoms with Gasteiger partial charge in [0.2, 0.25) is 0 Å². The number of rotatable bonds is 4. The van der Waals surface area contributed by atoms with Crippen molar-refractivity contribution in [3.05, 3.63) is 29.8 Å². The van der Waals surface area contributed by atoms with E-state index in [2.05, 4.69) is 0 Å². The molecule has 6 heteroatoms. The van der Waals surface area contributed by atoms with Gasteiger partial charge in [-0.15, -0.1) is 11.6 Å². The third-order valence-corrected chi connectivity index (χ3v) is 1.76. The predicted molar refractivity (Wildman–Crippen MR) is 52.9 cm³/mol. The molecule has 2 N–H and O–H groups in total. The van der Waals surface area contributed by atoms with Gasteiger partial charge in [-0.1, -0.05) is 12.1 Å². The van der Waals surface area contributed by atoms with Crippen LogP contribution in [0, 0.1) is 0 Å². The number of aromatic carboxylic acids is 1. The summed E-state index contributed by atoms with van der Waals surface area (Å²) in [6, 6.07) is 5.94. The van der Waals surface area contributed by atoms with Crippen LogP contribution in [0.1, 0.15) is 10.4 Å². The number of carboxylic acids is 1. The van der Waals surface area contributed by atoms with Gasteiger partial charge in [0.25, 0.3) is 5.91 Å². The molecule has 1 rings (SSSR count). The van der Waals surface area contributed by atoms with E-state index in [4.69, 9.17) is 21.5 Å². The van der Waals surface area contributed by atoms with Crippen LogP contribution in [0.25, 0.3) is 0 Å². The molecule has 0 aliphatic carbocycles. The van der Waals surface area contributed by atoms with E-state index >= 15 is 0 Å². The molecule has 5 nitrogen and oxygen atoms in total. The predicted octanol–water partition coefficient (Wildman–Crippen LogP) is 1.03. The van der Waals surface area contributed by atoms with Crippen LogP contribution < -0.4 is 10.3 Å². The first-order valence-electron chi connectivity index (χ1n) is 3.99. The number of alkyl halides is 1. The number of amides is 1. The zero-order chi connectivity index (χ0) is 11.3. The molecule has 1 aromatic rings. The summed E-state index contributed by atoms with van der Waals surface area (Å²) < 4.78 is 0. The fraction of sp³-hybridized carbons (Fsp3) is 0.111. The highest BCUT2D eigenvalue weighted by atomic mass is 35.5. The number of carbonyl (C=O) groups excluding carboxylic acids is 1. The maximum atomic E-state index is 10.8. The zero-order valence-electron chi connectivity index (χ0n) is 7.57. The second kappa shape index (κ2) is 5.21. The summed E-state index contributed by atoms with van der Waals surface area (Å²) in [5.41, 5.74) is 1.97. The van der Waals surface area contributed by atoms with E-state index in [1.807, 2.05) is 5.48 Å². The van der Waals surface area contributed by atoms with Gasteiger partial charge in [-0.3, -0.25) is 4.79 Å². The SMILES string of the molecule is O=C(CCl)NOc1ccccc1C(=O)O. The normalized spacial score (nSPS) is 9.40. The van der Waals surface area contributed by atoms with Crippen molar-refractivity contribution >= 4 is 23.5 Å². The minimum absolute atomic E-state index is 0.0348. The minimum Gasteiger partial charge on any atom is -0.478 e. The van der Waals surface area contributed by atoms with Gasteiger partial charge in [-0.25, -0.2) is 4.79 Å². The van der Waals surface area contributed by atoms with Crippen molar-refractivity contribution < 1.29 is 19.5 Å². The van der Waals surface area contributed by atoms with Crippen molar-refractivity contribution in [2.45, 2.75) is 0 Å². The molecule has 0 bridgehead atoms. The van der Waals surface area contributed by atoms with Crippen LogP contribution in [0.3, 0.4) is 0 Å². The van der Waals surface area contributed by atoms with Crippen LogP contribution in [0.5, 0.6) is 5.75 Å². The van der Waals surface area contributed by atoms with E-state index in [1.54, 1.807) is 12.1 Å². The molecular weight excluding hydrogens is 222 g/mol. The molecule has 0 aliphatic rings. The Morgan fingerprint density at radius 1 is 1.40 bits per heavy atom. The zero-order valence-corrected chi connectivity index (χ0v) is 8.32. The summed E-state index contributed by atoms with van der Waals surface area (Å²) in [5.74, 6) is -1.87. The Hall–Kier alpha value is -1.75. The lowest BCUT2D eigenvalue weighted by Gasteiger charge is -2.07. The molecule has 0 saturated carbocycles. The number of hydrogen-bond acceptors (Lipinski definition) is 3. The van der Waals surface area contributed by atoms with Crippen molar-refractivity contribution in [1.29, 1.82) is 0 Å². The lowest BCUT2D eigenvalue weighted by Crippen LogP contribution is -2.28. The summed E-state index contributed by atoms with van der Waals surface area (Å²) in [6.07, 6.45) is 0.